The van der Waals surface area contributed by atoms with Crippen molar-refractivity contribution in [2.75, 3.05) is 0 Å². The minimum Gasteiger partial charge on any atom is -0.315 e. The summed E-state index contributed by atoms with van der Waals surface area (Å²) >= 11 is 0. The van der Waals surface area contributed by atoms with E-state index in [4.69, 9.17) is 5.73 Å². The van der Waals surface area contributed by atoms with Gasteiger partial charge in [0, 0.05) is 5.92 Å². The lowest BCUT2D eigenvalue weighted by Crippen LogP contribution is -2.35. The molecule has 0 aliphatic heterocycles. The first-order valence-electron chi connectivity index (χ1n) is 6.95. The number of aromatic nitrogens is 3. The SMILES string of the molecule is CC(N)(c1ccccc1)c1n[nH]c(C2CCCC2)n1. The Morgan fingerprint density at radius 2 is 1.89 bits per heavy atom. The maximum Gasteiger partial charge on any atom is 0.174 e. The average molecular weight is 256 g/mol. The average Bonchev–Trinajstić information content (AvgIpc) is 3.10. The first-order chi connectivity index (χ1) is 9.18. The van der Waals surface area contributed by atoms with Crippen LogP contribution in [-0.2, 0) is 5.54 Å². The lowest BCUT2D eigenvalue weighted by molar-refractivity contribution is 0.559. The molecule has 1 fully saturated rings. The molecular formula is C15H20N4. The van der Waals surface area contributed by atoms with E-state index >= 15 is 0 Å². The number of aromatic amines is 1. The number of H-pyrrole nitrogens is 1. The molecule has 1 aromatic heterocycles. The van der Waals surface area contributed by atoms with Crippen molar-refractivity contribution in [2.45, 2.75) is 44.1 Å². The second kappa shape index (κ2) is 4.78. The highest BCUT2D eigenvalue weighted by atomic mass is 15.2. The summed E-state index contributed by atoms with van der Waals surface area (Å²) in [6.45, 7) is 1.96. The quantitative estimate of drug-likeness (QED) is 0.887. The molecule has 0 saturated heterocycles. The van der Waals surface area contributed by atoms with Gasteiger partial charge in [0.2, 0.25) is 0 Å². The summed E-state index contributed by atoms with van der Waals surface area (Å²) in [6, 6.07) is 10.0. The van der Waals surface area contributed by atoms with Crippen LogP contribution in [0, 0.1) is 0 Å². The van der Waals surface area contributed by atoms with Gasteiger partial charge >= 0.3 is 0 Å². The van der Waals surface area contributed by atoms with Crippen molar-refractivity contribution in [3.8, 4) is 0 Å². The first kappa shape index (κ1) is 12.4. The molecule has 0 bridgehead atoms. The Kier molecular flexibility index (Phi) is 3.11. The number of benzene rings is 1. The third-order valence-electron chi connectivity index (χ3n) is 4.08. The third kappa shape index (κ3) is 2.28. The second-order valence-electron chi connectivity index (χ2n) is 5.59. The van der Waals surface area contributed by atoms with Crippen LogP contribution >= 0.6 is 0 Å². The molecule has 1 aliphatic rings. The molecule has 4 heteroatoms. The number of nitrogens with one attached hydrogen (secondary N) is 1. The van der Waals surface area contributed by atoms with Gasteiger partial charge in [-0.3, -0.25) is 5.10 Å². The van der Waals surface area contributed by atoms with Crippen molar-refractivity contribution in [2.24, 2.45) is 5.73 Å². The zero-order valence-electron chi connectivity index (χ0n) is 11.3. The van der Waals surface area contributed by atoms with Crippen LogP contribution in [0.3, 0.4) is 0 Å². The third-order valence-corrected chi connectivity index (χ3v) is 4.08. The summed E-state index contributed by atoms with van der Waals surface area (Å²) in [6.07, 6.45) is 5.00. The van der Waals surface area contributed by atoms with Gasteiger partial charge in [-0.1, -0.05) is 43.2 Å². The minimum absolute atomic E-state index is 0.535. The van der Waals surface area contributed by atoms with Gasteiger partial charge in [0.15, 0.2) is 5.82 Å². The minimum atomic E-state index is -0.644. The van der Waals surface area contributed by atoms with E-state index in [1.54, 1.807) is 0 Å². The molecule has 2 aromatic rings. The van der Waals surface area contributed by atoms with E-state index in [0.29, 0.717) is 11.7 Å². The first-order valence-corrected chi connectivity index (χ1v) is 6.95. The molecule has 1 aliphatic carbocycles. The van der Waals surface area contributed by atoms with Gasteiger partial charge in [0.05, 0.1) is 0 Å². The van der Waals surface area contributed by atoms with E-state index in [2.05, 4.69) is 15.2 Å². The Labute approximate surface area is 113 Å². The van der Waals surface area contributed by atoms with Gasteiger partial charge in [-0.2, -0.15) is 5.10 Å². The van der Waals surface area contributed by atoms with Crippen LogP contribution in [0.15, 0.2) is 30.3 Å². The van der Waals surface area contributed by atoms with E-state index in [1.165, 1.54) is 25.7 Å². The summed E-state index contributed by atoms with van der Waals surface area (Å²) in [5.41, 5.74) is 6.82. The molecule has 3 rings (SSSR count). The lowest BCUT2D eigenvalue weighted by Gasteiger charge is -2.21. The molecule has 0 radical (unpaired) electrons. The highest BCUT2D eigenvalue weighted by Crippen LogP contribution is 2.33. The summed E-state index contributed by atoms with van der Waals surface area (Å²) in [5.74, 6) is 2.22. The van der Waals surface area contributed by atoms with Crippen molar-refractivity contribution in [1.29, 1.82) is 0 Å². The molecule has 100 valence electrons. The van der Waals surface area contributed by atoms with E-state index in [0.717, 1.165) is 11.4 Å². The van der Waals surface area contributed by atoms with E-state index in [9.17, 15) is 0 Å². The van der Waals surface area contributed by atoms with Gasteiger partial charge in [0.25, 0.3) is 0 Å². The molecule has 1 heterocycles. The van der Waals surface area contributed by atoms with Crippen molar-refractivity contribution < 1.29 is 0 Å². The monoisotopic (exact) mass is 256 g/mol. The molecular weight excluding hydrogens is 236 g/mol. The predicted octanol–water partition coefficient (Wildman–Crippen LogP) is 2.68. The molecule has 1 saturated carbocycles. The largest absolute Gasteiger partial charge is 0.315 e. The summed E-state index contributed by atoms with van der Waals surface area (Å²) in [4.78, 5) is 4.65. The van der Waals surface area contributed by atoms with Crippen LogP contribution in [0.1, 0.15) is 55.7 Å². The molecule has 1 unspecified atom stereocenters. The van der Waals surface area contributed by atoms with Crippen LogP contribution in [0.5, 0.6) is 0 Å². The normalized spacial score (nSPS) is 19.5. The Morgan fingerprint density at radius 3 is 2.58 bits per heavy atom. The summed E-state index contributed by atoms with van der Waals surface area (Å²) in [7, 11) is 0. The number of hydrogen-bond acceptors (Lipinski definition) is 3. The van der Waals surface area contributed by atoms with Gasteiger partial charge in [-0.15, -0.1) is 0 Å². The maximum atomic E-state index is 6.43. The fourth-order valence-corrected chi connectivity index (χ4v) is 2.80. The summed E-state index contributed by atoms with van der Waals surface area (Å²) in [5, 5.41) is 7.43. The van der Waals surface area contributed by atoms with Gasteiger partial charge < -0.3 is 5.73 Å². The number of nitrogens with two attached hydrogens (primary N) is 1. The van der Waals surface area contributed by atoms with Crippen molar-refractivity contribution in [3.05, 3.63) is 47.5 Å². The van der Waals surface area contributed by atoms with Crippen molar-refractivity contribution in [1.82, 2.24) is 15.2 Å². The lowest BCUT2D eigenvalue weighted by atomic mass is 9.92. The fourth-order valence-electron chi connectivity index (χ4n) is 2.80. The predicted molar refractivity (Wildman–Crippen MR) is 74.7 cm³/mol. The highest BCUT2D eigenvalue weighted by molar-refractivity contribution is 5.30. The zero-order chi connectivity index (χ0) is 13.3. The molecule has 1 atom stereocenters. The molecule has 3 N–H and O–H groups in total. The second-order valence-corrected chi connectivity index (χ2v) is 5.59. The van der Waals surface area contributed by atoms with E-state index < -0.39 is 5.54 Å². The van der Waals surface area contributed by atoms with Gasteiger partial charge in [0.1, 0.15) is 11.4 Å². The number of rotatable bonds is 3. The van der Waals surface area contributed by atoms with E-state index in [-0.39, 0.29) is 0 Å². The van der Waals surface area contributed by atoms with Gasteiger partial charge in [-0.05, 0) is 25.3 Å². The Bertz CT molecular complexity index is 538. The fraction of sp³-hybridized carbons (Fsp3) is 0.467. The summed E-state index contributed by atoms with van der Waals surface area (Å²) < 4.78 is 0. The van der Waals surface area contributed by atoms with Crippen molar-refractivity contribution >= 4 is 0 Å². The topological polar surface area (TPSA) is 67.6 Å². The Hall–Kier alpha value is -1.68. The molecule has 19 heavy (non-hydrogen) atoms. The Balaban J connectivity index is 1.89. The standard InChI is InChI=1S/C15H20N4/c1-15(16,12-9-3-2-4-10-12)14-17-13(18-19-14)11-7-5-6-8-11/h2-4,9-11H,5-8,16H2,1H3,(H,17,18,19). The Morgan fingerprint density at radius 1 is 1.21 bits per heavy atom. The van der Waals surface area contributed by atoms with Crippen LogP contribution < -0.4 is 5.73 Å². The van der Waals surface area contributed by atoms with E-state index in [1.807, 2.05) is 37.3 Å². The van der Waals surface area contributed by atoms with Crippen LogP contribution in [0.2, 0.25) is 0 Å². The number of nitrogens with zero attached hydrogens (tertiary/aromatic N) is 2. The smallest absolute Gasteiger partial charge is 0.174 e. The van der Waals surface area contributed by atoms with Crippen molar-refractivity contribution in [3.63, 3.8) is 0 Å². The van der Waals surface area contributed by atoms with Crippen LogP contribution in [0.25, 0.3) is 0 Å². The molecule has 0 spiro atoms. The highest BCUT2D eigenvalue weighted by Gasteiger charge is 2.30. The number of hydrogen-bond donors (Lipinski definition) is 2. The van der Waals surface area contributed by atoms with Crippen LogP contribution in [-0.4, -0.2) is 15.2 Å². The molecule has 4 nitrogen and oxygen atoms in total. The zero-order valence-corrected chi connectivity index (χ0v) is 11.3. The molecule has 1 aromatic carbocycles. The van der Waals surface area contributed by atoms with Crippen LogP contribution in [0.4, 0.5) is 0 Å². The molecule has 0 amide bonds. The van der Waals surface area contributed by atoms with Gasteiger partial charge in [-0.25, -0.2) is 4.98 Å². The maximum absolute atomic E-state index is 6.43.